The maximum Gasteiger partial charge on any atom is 0.411 e. The SMILES string of the molecule is CC(C)(C)OC(=O)[C@@H]1C[C@@H](OC(=O)c2ccc([N+](=O)[O-])cc2)CCN1C(=O)OC(C)(C)C. The molecular weight excluding hydrogens is 420 g/mol. The average Bonchev–Trinajstić information content (AvgIpc) is 2.65. The fraction of sp³-hybridized carbons (Fsp3) is 0.591. The lowest BCUT2D eigenvalue weighted by atomic mass is 9.99. The molecule has 0 radical (unpaired) electrons. The predicted octanol–water partition coefficient (Wildman–Crippen LogP) is 3.86. The van der Waals surface area contributed by atoms with Crippen molar-refractivity contribution >= 4 is 23.7 Å². The summed E-state index contributed by atoms with van der Waals surface area (Å²) in [5, 5.41) is 10.8. The quantitative estimate of drug-likeness (QED) is 0.293. The van der Waals surface area contributed by atoms with Crippen molar-refractivity contribution < 1.29 is 33.5 Å². The summed E-state index contributed by atoms with van der Waals surface area (Å²) in [5.74, 6) is -1.28. The molecule has 0 aliphatic carbocycles. The van der Waals surface area contributed by atoms with Crippen LogP contribution in [-0.4, -0.2) is 57.7 Å². The number of nitro benzene ring substituents is 1. The van der Waals surface area contributed by atoms with Gasteiger partial charge in [0, 0.05) is 31.5 Å². The molecule has 10 heteroatoms. The zero-order valence-corrected chi connectivity index (χ0v) is 19.2. The lowest BCUT2D eigenvalue weighted by Gasteiger charge is -2.39. The summed E-state index contributed by atoms with van der Waals surface area (Å²) < 4.78 is 16.4. The van der Waals surface area contributed by atoms with Crippen LogP contribution in [0.15, 0.2) is 24.3 Å². The Balaban J connectivity index is 2.14. The van der Waals surface area contributed by atoms with Gasteiger partial charge in [-0.1, -0.05) is 0 Å². The number of ether oxygens (including phenoxy) is 3. The van der Waals surface area contributed by atoms with Gasteiger partial charge >= 0.3 is 18.0 Å². The minimum Gasteiger partial charge on any atom is -0.459 e. The highest BCUT2D eigenvalue weighted by Gasteiger charge is 2.41. The number of hydrogen-bond donors (Lipinski definition) is 0. The van der Waals surface area contributed by atoms with Crippen molar-refractivity contribution in [1.29, 1.82) is 0 Å². The van der Waals surface area contributed by atoms with Gasteiger partial charge in [0.15, 0.2) is 0 Å². The van der Waals surface area contributed by atoms with Gasteiger partial charge in [0.25, 0.3) is 5.69 Å². The van der Waals surface area contributed by atoms with E-state index in [9.17, 15) is 24.5 Å². The van der Waals surface area contributed by atoms with Crippen molar-refractivity contribution in [1.82, 2.24) is 4.90 Å². The second-order valence-electron chi connectivity index (χ2n) is 9.58. The zero-order valence-electron chi connectivity index (χ0n) is 19.2. The number of amides is 1. The number of likely N-dealkylation sites (tertiary alicyclic amines) is 1. The molecule has 1 aromatic carbocycles. The summed E-state index contributed by atoms with van der Waals surface area (Å²) in [6, 6.07) is 4.06. The molecule has 2 atom stereocenters. The Bertz CT molecular complexity index is 867. The second kappa shape index (κ2) is 9.54. The highest BCUT2D eigenvalue weighted by atomic mass is 16.6. The fourth-order valence-corrected chi connectivity index (χ4v) is 3.11. The van der Waals surface area contributed by atoms with Crippen LogP contribution >= 0.6 is 0 Å². The number of hydrogen-bond acceptors (Lipinski definition) is 8. The molecule has 176 valence electrons. The maximum absolute atomic E-state index is 12.8. The first-order valence-corrected chi connectivity index (χ1v) is 10.3. The van der Waals surface area contributed by atoms with E-state index >= 15 is 0 Å². The van der Waals surface area contributed by atoms with Crippen molar-refractivity contribution in [3.8, 4) is 0 Å². The highest BCUT2D eigenvalue weighted by Crippen LogP contribution is 2.26. The molecule has 32 heavy (non-hydrogen) atoms. The summed E-state index contributed by atoms with van der Waals surface area (Å²) >= 11 is 0. The maximum atomic E-state index is 12.8. The number of nitrogens with zero attached hydrogens (tertiary/aromatic N) is 2. The molecule has 1 aliphatic rings. The molecule has 1 aliphatic heterocycles. The smallest absolute Gasteiger partial charge is 0.411 e. The molecule has 1 heterocycles. The van der Waals surface area contributed by atoms with Gasteiger partial charge in [-0.2, -0.15) is 0 Å². The molecule has 1 fully saturated rings. The Morgan fingerprint density at radius 1 is 1.00 bits per heavy atom. The van der Waals surface area contributed by atoms with Crippen LogP contribution < -0.4 is 0 Å². The Morgan fingerprint density at radius 2 is 1.56 bits per heavy atom. The minimum absolute atomic E-state index is 0.0485. The number of carbonyl (C=O) groups excluding carboxylic acids is 3. The molecule has 0 spiro atoms. The molecular formula is C22H30N2O8. The Morgan fingerprint density at radius 3 is 2.06 bits per heavy atom. The first kappa shape index (κ1) is 25.1. The summed E-state index contributed by atoms with van der Waals surface area (Å²) in [5.41, 5.74) is -1.50. The van der Waals surface area contributed by atoms with Crippen LogP contribution in [-0.2, 0) is 19.0 Å². The molecule has 0 aromatic heterocycles. The lowest BCUT2D eigenvalue weighted by Crippen LogP contribution is -2.54. The summed E-state index contributed by atoms with van der Waals surface area (Å²) in [6.45, 7) is 10.5. The predicted molar refractivity (Wildman–Crippen MR) is 114 cm³/mol. The number of non-ortho nitro benzene ring substituents is 1. The Kier molecular flexibility index (Phi) is 7.48. The Labute approximate surface area is 187 Å². The molecule has 1 saturated heterocycles. The van der Waals surface area contributed by atoms with E-state index < -0.39 is 46.3 Å². The summed E-state index contributed by atoms with van der Waals surface area (Å²) in [4.78, 5) is 49.5. The monoisotopic (exact) mass is 450 g/mol. The van der Waals surface area contributed by atoms with Crippen LogP contribution in [0.4, 0.5) is 10.5 Å². The van der Waals surface area contributed by atoms with Gasteiger partial charge in [0.2, 0.25) is 0 Å². The average molecular weight is 450 g/mol. The number of carbonyl (C=O) groups is 3. The number of benzene rings is 1. The highest BCUT2D eigenvalue weighted by molar-refractivity contribution is 5.90. The van der Waals surface area contributed by atoms with Crippen LogP contribution in [0.5, 0.6) is 0 Å². The zero-order chi connectivity index (χ0) is 24.3. The van der Waals surface area contributed by atoms with E-state index in [1.54, 1.807) is 41.5 Å². The van der Waals surface area contributed by atoms with Crippen molar-refractivity contribution in [3.63, 3.8) is 0 Å². The topological polar surface area (TPSA) is 125 Å². The van der Waals surface area contributed by atoms with Crippen molar-refractivity contribution in [2.75, 3.05) is 6.54 Å². The summed E-state index contributed by atoms with van der Waals surface area (Å²) in [6.07, 6.45) is -0.938. The van der Waals surface area contributed by atoms with Gasteiger partial charge in [0.05, 0.1) is 10.5 Å². The van der Waals surface area contributed by atoms with Crippen molar-refractivity contribution in [2.45, 2.75) is 77.7 Å². The molecule has 0 N–H and O–H groups in total. The molecule has 0 bridgehead atoms. The van der Waals surface area contributed by atoms with Crippen molar-refractivity contribution in [2.24, 2.45) is 0 Å². The van der Waals surface area contributed by atoms with Gasteiger partial charge in [-0.15, -0.1) is 0 Å². The van der Waals surface area contributed by atoms with E-state index in [1.807, 2.05) is 0 Å². The van der Waals surface area contributed by atoms with E-state index in [0.717, 1.165) is 0 Å². The van der Waals surface area contributed by atoms with E-state index in [0.29, 0.717) is 6.42 Å². The standard InChI is InChI=1S/C22H30N2O8/c1-21(2,3)31-19(26)17-13-16(11-12-23(17)20(27)32-22(4,5)6)30-18(25)14-7-9-15(10-8-14)24(28)29/h7-10,16-17H,11-13H2,1-6H3/t16-,17-/m0/s1. The van der Waals surface area contributed by atoms with Crippen LogP contribution in [0, 0.1) is 10.1 Å². The minimum atomic E-state index is -0.979. The van der Waals surface area contributed by atoms with Crippen LogP contribution in [0.25, 0.3) is 0 Å². The molecule has 10 nitrogen and oxygen atoms in total. The molecule has 0 unspecified atom stereocenters. The van der Waals surface area contributed by atoms with E-state index in [1.165, 1.54) is 29.2 Å². The molecule has 0 saturated carbocycles. The van der Waals surface area contributed by atoms with Crippen LogP contribution in [0.3, 0.4) is 0 Å². The van der Waals surface area contributed by atoms with Gasteiger partial charge in [-0.05, 0) is 53.7 Å². The van der Waals surface area contributed by atoms with Gasteiger partial charge in [-0.3, -0.25) is 15.0 Å². The third-order valence-electron chi connectivity index (χ3n) is 4.45. The second-order valence-corrected chi connectivity index (χ2v) is 9.58. The summed E-state index contributed by atoms with van der Waals surface area (Å²) in [7, 11) is 0. The molecule has 1 amide bonds. The fourth-order valence-electron chi connectivity index (χ4n) is 3.11. The number of esters is 2. The van der Waals surface area contributed by atoms with E-state index in [-0.39, 0.29) is 24.2 Å². The van der Waals surface area contributed by atoms with Gasteiger partial charge in [-0.25, -0.2) is 14.4 Å². The van der Waals surface area contributed by atoms with Gasteiger partial charge < -0.3 is 14.2 Å². The third kappa shape index (κ3) is 7.21. The third-order valence-corrected chi connectivity index (χ3v) is 4.45. The number of piperidine rings is 1. The van der Waals surface area contributed by atoms with Crippen LogP contribution in [0.2, 0.25) is 0 Å². The molecule has 1 aromatic rings. The van der Waals surface area contributed by atoms with Gasteiger partial charge in [0.1, 0.15) is 23.3 Å². The first-order valence-electron chi connectivity index (χ1n) is 10.3. The Hall–Kier alpha value is -3.17. The lowest BCUT2D eigenvalue weighted by molar-refractivity contribution is -0.384. The largest absolute Gasteiger partial charge is 0.459 e. The van der Waals surface area contributed by atoms with Crippen LogP contribution in [0.1, 0.15) is 64.7 Å². The van der Waals surface area contributed by atoms with E-state index in [2.05, 4.69) is 0 Å². The molecule has 2 rings (SSSR count). The normalized spacial score (nSPS) is 19.1. The number of rotatable bonds is 4. The number of nitro groups is 1. The first-order chi connectivity index (χ1) is 14.7. The van der Waals surface area contributed by atoms with Crippen molar-refractivity contribution in [3.05, 3.63) is 39.9 Å². The van der Waals surface area contributed by atoms with E-state index in [4.69, 9.17) is 14.2 Å².